The van der Waals surface area contributed by atoms with Gasteiger partial charge in [-0.3, -0.25) is 9.59 Å². The van der Waals surface area contributed by atoms with E-state index in [0.717, 1.165) is 11.6 Å². The summed E-state index contributed by atoms with van der Waals surface area (Å²) in [6.45, 7) is 0.0655. The van der Waals surface area contributed by atoms with Crippen molar-refractivity contribution in [1.82, 2.24) is 9.88 Å². The summed E-state index contributed by atoms with van der Waals surface area (Å²) in [5.74, 6) is -1.56. The monoisotopic (exact) mass is 497 g/mol. The largest absolute Gasteiger partial charge is 0.494 e. The molecule has 0 atom stereocenters. The fourth-order valence-corrected chi connectivity index (χ4v) is 4.58. The molecule has 8 nitrogen and oxygen atoms in total. The van der Waals surface area contributed by atoms with Crippen LogP contribution >= 0.6 is 0 Å². The predicted molar refractivity (Wildman–Crippen MR) is 133 cm³/mol. The number of fused-ring (bicyclic) bond motifs is 3. The van der Waals surface area contributed by atoms with E-state index in [-0.39, 0.29) is 29.5 Å². The third kappa shape index (κ3) is 4.83. The highest BCUT2D eigenvalue weighted by Gasteiger charge is 2.18. The number of H-pyrrole nitrogens is 1. The average molecular weight is 498 g/mol. The quantitative estimate of drug-likeness (QED) is 0.405. The van der Waals surface area contributed by atoms with E-state index in [1.54, 1.807) is 30.3 Å². The van der Waals surface area contributed by atoms with Gasteiger partial charge in [-0.2, -0.15) is 0 Å². The molecule has 3 N–H and O–H groups in total. The Morgan fingerprint density at radius 1 is 1.06 bits per heavy atom. The van der Waals surface area contributed by atoms with E-state index in [1.807, 2.05) is 6.07 Å². The normalized spacial score (nSPS) is 11.7. The zero-order chi connectivity index (χ0) is 25.5. The van der Waals surface area contributed by atoms with Crippen LogP contribution in [0.2, 0.25) is 0 Å². The van der Waals surface area contributed by atoms with Crippen molar-refractivity contribution in [3.05, 3.63) is 65.5 Å². The van der Waals surface area contributed by atoms with Gasteiger partial charge in [-0.05, 0) is 47.5 Å². The number of methoxy groups -OCH3 is 1. The van der Waals surface area contributed by atoms with Gasteiger partial charge >= 0.3 is 0 Å². The van der Waals surface area contributed by atoms with Gasteiger partial charge < -0.3 is 20.4 Å². The van der Waals surface area contributed by atoms with Gasteiger partial charge in [0.15, 0.2) is 11.6 Å². The summed E-state index contributed by atoms with van der Waals surface area (Å²) >= 11 is 0. The number of nitrogens with two attached hydrogens (primary N) is 1. The summed E-state index contributed by atoms with van der Waals surface area (Å²) in [7, 11) is -0.293. The number of aromatic amines is 1. The number of hydrogen-bond donors (Lipinski definition) is 2. The van der Waals surface area contributed by atoms with Crippen molar-refractivity contribution in [2.75, 3.05) is 32.7 Å². The third-order valence-electron chi connectivity index (χ3n) is 5.85. The van der Waals surface area contributed by atoms with Crippen LogP contribution in [0.5, 0.6) is 5.75 Å². The van der Waals surface area contributed by atoms with Gasteiger partial charge in [0, 0.05) is 41.7 Å². The maximum atomic E-state index is 14.3. The molecule has 2 amide bonds. The zero-order valence-electron chi connectivity index (χ0n) is 19.4. The van der Waals surface area contributed by atoms with Crippen molar-refractivity contribution in [3.8, 4) is 16.9 Å². The SMILES string of the molecule is COc1ccc(-c2cc(C(N)=O)c3[nH]c4cc(C(=O)N(C)CCS(C)(=O)=O)ccc4c3c2)cc1F. The number of benzene rings is 3. The molecule has 4 aromatic rings. The zero-order valence-corrected chi connectivity index (χ0v) is 20.2. The van der Waals surface area contributed by atoms with Crippen LogP contribution in [-0.2, 0) is 9.84 Å². The molecule has 0 aliphatic carbocycles. The van der Waals surface area contributed by atoms with Crippen molar-refractivity contribution in [3.63, 3.8) is 0 Å². The number of amides is 2. The average Bonchev–Trinajstić information content (AvgIpc) is 3.18. The first kappa shape index (κ1) is 24.2. The van der Waals surface area contributed by atoms with Crippen LogP contribution < -0.4 is 10.5 Å². The van der Waals surface area contributed by atoms with Crippen molar-refractivity contribution in [2.45, 2.75) is 0 Å². The van der Waals surface area contributed by atoms with E-state index in [0.29, 0.717) is 33.1 Å². The number of hydrogen-bond acceptors (Lipinski definition) is 5. The number of primary amides is 1. The Labute approximate surface area is 201 Å². The molecule has 0 saturated carbocycles. The Morgan fingerprint density at radius 3 is 2.43 bits per heavy atom. The molecule has 4 rings (SSSR count). The van der Waals surface area contributed by atoms with E-state index in [4.69, 9.17) is 10.5 Å². The number of rotatable bonds is 7. The first-order chi connectivity index (χ1) is 16.5. The molecule has 10 heteroatoms. The molecule has 182 valence electrons. The Hall–Kier alpha value is -3.92. The third-order valence-corrected chi connectivity index (χ3v) is 6.77. The van der Waals surface area contributed by atoms with Crippen LogP contribution in [0.25, 0.3) is 32.9 Å². The van der Waals surface area contributed by atoms with Gasteiger partial charge in [0.05, 0.1) is 23.9 Å². The molecule has 0 fully saturated rings. The standard InChI is InChI=1S/C25H24FN3O5S/c1-29(8-9-35(3,32)33)25(31)15-4-6-17-18-10-16(14-5-7-22(34-2)20(26)12-14)11-19(24(27)30)23(18)28-21(17)13-15/h4-7,10-13,28H,8-9H2,1-3H3,(H2,27,30). The van der Waals surface area contributed by atoms with E-state index >= 15 is 0 Å². The Bertz CT molecular complexity index is 1590. The van der Waals surface area contributed by atoms with Gasteiger partial charge in [-0.25, -0.2) is 12.8 Å². The second-order valence-electron chi connectivity index (χ2n) is 8.40. The first-order valence-corrected chi connectivity index (χ1v) is 12.7. The highest BCUT2D eigenvalue weighted by molar-refractivity contribution is 7.90. The summed E-state index contributed by atoms with van der Waals surface area (Å²) in [5.41, 5.74) is 8.47. The van der Waals surface area contributed by atoms with Crippen molar-refractivity contribution < 1.29 is 27.1 Å². The van der Waals surface area contributed by atoms with Gasteiger partial charge in [0.25, 0.3) is 11.8 Å². The molecule has 35 heavy (non-hydrogen) atoms. The Morgan fingerprint density at radius 2 is 1.80 bits per heavy atom. The van der Waals surface area contributed by atoms with Crippen LogP contribution in [0, 0.1) is 5.82 Å². The molecule has 0 aliphatic heterocycles. The summed E-state index contributed by atoms with van der Waals surface area (Å²) in [5, 5.41) is 1.43. The number of carbonyl (C=O) groups is 2. The molecule has 0 unspecified atom stereocenters. The molecule has 0 bridgehead atoms. The van der Waals surface area contributed by atoms with Crippen molar-refractivity contribution in [1.29, 1.82) is 0 Å². The van der Waals surface area contributed by atoms with Gasteiger partial charge in [-0.1, -0.05) is 12.1 Å². The topological polar surface area (TPSA) is 123 Å². The van der Waals surface area contributed by atoms with E-state index in [1.165, 1.54) is 31.2 Å². The Kier molecular flexibility index (Phi) is 6.25. The maximum Gasteiger partial charge on any atom is 0.253 e. The summed E-state index contributed by atoms with van der Waals surface area (Å²) in [6, 6.07) is 13.0. The minimum Gasteiger partial charge on any atom is -0.494 e. The molecule has 1 heterocycles. The number of carbonyl (C=O) groups excluding carboxylic acids is 2. The molecule has 0 aliphatic rings. The lowest BCUT2D eigenvalue weighted by Crippen LogP contribution is -2.31. The fraction of sp³-hybridized carbons (Fsp3) is 0.200. The summed E-state index contributed by atoms with van der Waals surface area (Å²) in [4.78, 5) is 29.6. The summed E-state index contributed by atoms with van der Waals surface area (Å²) < 4.78 is 42.2. The minimum atomic E-state index is -3.21. The molecule has 0 saturated heterocycles. The van der Waals surface area contributed by atoms with Crippen molar-refractivity contribution >= 4 is 43.5 Å². The fourth-order valence-electron chi connectivity index (χ4n) is 3.97. The number of aromatic nitrogens is 1. The second kappa shape index (κ2) is 9.03. The predicted octanol–water partition coefficient (Wildman–Crippen LogP) is 3.35. The van der Waals surface area contributed by atoms with E-state index in [9.17, 15) is 22.4 Å². The number of nitrogens with one attached hydrogen (secondary N) is 1. The number of nitrogens with zero attached hydrogens (tertiary/aromatic N) is 1. The number of sulfone groups is 1. The highest BCUT2D eigenvalue weighted by Crippen LogP contribution is 2.34. The number of halogens is 1. The molecule has 0 radical (unpaired) electrons. The second-order valence-corrected chi connectivity index (χ2v) is 10.7. The van der Waals surface area contributed by atoms with Crippen LogP contribution in [0.3, 0.4) is 0 Å². The van der Waals surface area contributed by atoms with Crippen LogP contribution in [0.15, 0.2) is 48.5 Å². The van der Waals surface area contributed by atoms with E-state index < -0.39 is 21.6 Å². The highest BCUT2D eigenvalue weighted by atomic mass is 32.2. The molecule has 0 spiro atoms. The Balaban J connectivity index is 1.80. The van der Waals surface area contributed by atoms with Gasteiger partial charge in [0.1, 0.15) is 9.84 Å². The van der Waals surface area contributed by atoms with E-state index in [2.05, 4.69) is 4.98 Å². The molecular weight excluding hydrogens is 473 g/mol. The number of ether oxygens (including phenoxy) is 1. The molecular formula is C25H24FN3O5S. The lowest BCUT2D eigenvalue weighted by atomic mass is 9.98. The minimum absolute atomic E-state index is 0.0655. The maximum absolute atomic E-state index is 14.3. The van der Waals surface area contributed by atoms with Crippen LogP contribution in [-0.4, -0.2) is 62.8 Å². The van der Waals surface area contributed by atoms with Crippen molar-refractivity contribution in [2.24, 2.45) is 5.73 Å². The van der Waals surface area contributed by atoms with Crippen LogP contribution in [0.4, 0.5) is 4.39 Å². The first-order valence-electron chi connectivity index (χ1n) is 10.6. The lowest BCUT2D eigenvalue weighted by Gasteiger charge is -2.16. The smallest absolute Gasteiger partial charge is 0.253 e. The van der Waals surface area contributed by atoms with Gasteiger partial charge in [-0.15, -0.1) is 0 Å². The molecule has 1 aromatic heterocycles. The van der Waals surface area contributed by atoms with Gasteiger partial charge in [0.2, 0.25) is 0 Å². The lowest BCUT2D eigenvalue weighted by molar-refractivity contribution is 0.0803. The summed E-state index contributed by atoms with van der Waals surface area (Å²) in [6.07, 6.45) is 1.12. The van der Waals surface area contributed by atoms with Crippen LogP contribution in [0.1, 0.15) is 20.7 Å². The molecule has 3 aromatic carbocycles.